The maximum atomic E-state index is 11.7. The number of carbonyl (C=O) groups excluding carboxylic acids is 1. The van der Waals surface area contributed by atoms with Crippen LogP contribution in [0.25, 0.3) is 0 Å². The zero-order chi connectivity index (χ0) is 21.3. The standard InChI is InChI=1S/C24H26N4O2.HI/c1-17(2)23(29)27-19-13-11-18(12-14-19)16-26-24(25)28-20-7-6-10-22(15-20)30-21-8-4-3-5-9-21;/h3-15,17H,16H2,1-2H3,(H,27,29)(H3,25,26,28);1H. The number of anilines is 2. The first kappa shape index (κ1) is 24.2. The first-order chi connectivity index (χ1) is 14.5. The van der Waals surface area contributed by atoms with E-state index >= 15 is 0 Å². The minimum Gasteiger partial charge on any atom is -0.457 e. The zero-order valence-corrected chi connectivity index (χ0v) is 19.9. The molecule has 0 heterocycles. The fraction of sp³-hybridized carbons (Fsp3) is 0.167. The lowest BCUT2D eigenvalue weighted by atomic mass is 10.2. The van der Waals surface area contributed by atoms with Gasteiger partial charge in [0.25, 0.3) is 0 Å². The van der Waals surface area contributed by atoms with Crippen LogP contribution < -0.4 is 21.1 Å². The molecule has 3 aromatic rings. The van der Waals surface area contributed by atoms with Crippen LogP contribution in [0.4, 0.5) is 11.4 Å². The molecule has 3 aromatic carbocycles. The maximum absolute atomic E-state index is 11.7. The molecule has 0 aliphatic heterocycles. The van der Waals surface area contributed by atoms with Gasteiger partial charge in [0.15, 0.2) is 5.96 Å². The highest BCUT2D eigenvalue weighted by Crippen LogP contribution is 2.23. The van der Waals surface area contributed by atoms with E-state index in [2.05, 4.69) is 15.6 Å². The van der Waals surface area contributed by atoms with Crippen molar-refractivity contribution in [3.8, 4) is 11.5 Å². The summed E-state index contributed by atoms with van der Waals surface area (Å²) in [4.78, 5) is 16.1. The number of benzene rings is 3. The molecule has 3 rings (SSSR count). The van der Waals surface area contributed by atoms with Crippen molar-refractivity contribution in [2.45, 2.75) is 20.4 Å². The summed E-state index contributed by atoms with van der Waals surface area (Å²) in [7, 11) is 0. The topological polar surface area (TPSA) is 88.7 Å². The van der Waals surface area contributed by atoms with Crippen LogP contribution in [0.1, 0.15) is 19.4 Å². The van der Waals surface area contributed by atoms with Crippen molar-refractivity contribution in [3.63, 3.8) is 0 Å². The zero-order valence-electron chi connectivity index (χ0n) is 17.5. The summed E-state index contributed by atoms with van der Waals surface area (Å²) in [6, 6.07) is 24.7. The monoisotopic (exact) mass is 530 g/mol. The van der Waals surface area contributed by atoms with Crippen LogP contribution in [-0.2, 0) is 11.3 Å². The Morgan fingerprint density at radius 1 is 0.903 bits per heavy atom. The highest BCUT2D eigenvalue weighted by molar-refractivity contribution is 14.0. The van der Waals surface area contributed by atoms with Crippen LogP contribution in [-0.4, -0.2) is 11.9 Å². The van der Waals surface area contributed by atoms with E-state index in [4.69, 9.17) is 10.5 Å². The fourth-order valence-corrected chi connectivity index (χ4v) is 2.61. The largest absolute Gasteiger partial charge is 0.457 e. The summed E-state index contributed by atoms with van der Waals surface area (Å²) < 4.78 is 5.83. The van der Waals surface area contributed by atoms with Crippen molar-refractivity contribution in [1.82, 2.24) is 0 Å². The van der Waals surface area contributed by atoms with Crippen LogP contribution in [0, 0.1) is 5.92 Å². The maximum Gasteiger partial charge on any atom is 0.226 e. The number of rotatable bonds is 7. The van der Waals surface area contributed by atoms with Gasteiger partial charge in [0.1, 0.15) is 11.5 Å². The van der Waals surface area contributed by atoms with Crippen LogP contribution in [0.3, 0.4) is 0 Å². The van der Waals surface area contributed by atoms with Gasteiger partial charge in [-0.2, -0.15) is 0 Å². The summed E-state index contributed by atoms with van der Waals surface area (Å²) >= 11 is 0. The van der Waals surface area contributed by atoms with Gasteiger partial charge in [-0.25, -0.2) is 4.99 Å². The van der Waals surface area contributed by atoms with E-state index < -0.39 is 0 Å². The van der Waals surface area contributed by atoms with Crippen molar-refractivity contribution in [3.05, 3.63) is 84.4 Å². The van der Waals surface area contributed by atoms with E-state index in [1.54, 1.807) is 0 Å². The second kappa shape index (κ2) is 11.9. The summed E-state index contributed by atoms with van der Waals surface area (Å²) in [5, 5.41) is 5.94. The Hall–Kier alpha value is -3.07. The number of nitrogens with one attached hydrogen (secondary N) is 2. The average Bonchev–Trinajstić information content (AvgIpc) is 2.74. The lowest BCUT2D eigenvalue weighted by molar-refractivity contribution is -0.118. The molecule has 0 aromatic heterocycles. The van der Waals surface area contributed by atoms with Gasteiger partial charge in [-0.3, -0.25) is 4.79 Å². The van der Waals surface area contributed by atoms with Gasteiger partial charge in [0.05, 0.1) is 6.54 Å². The number of hydrogen-bond acceptors (Lipinski definition) is 3. The molecule has 4 N–H and O–H groups in total. The second-order valence-corrected chi connectivity index (χ2v) is 7.11. The van der Waals surface area contributed by atoms with Crippen molar-refractivity contribution in [2.75, 3.05) is 10.6 Å². The Morgan fingerprint density at radius 3 is 2.26 bits per heavy atom. The summed E-state index contributed by atoms with van der Waals surface area (Å²) in [6.07, 6.45) is 0. The Morgan fingerprint density at radius 2 is 1.58 bits per heavy atom. The minimum atomic E-state index is -0.0586. The van der Waals surface area contributed by atoms with Crippen LogP contribution in [0.15, 0.2) is 83.9 Å². The molecular formula is C24H27IN4O2. The molecule has 162 valence electrons. The third-order valence-electron chi connectivity index (χ3n) is 4.26. The molecule has 0 bridgehead atoms. The van der Waals surface area contributed by atoms with E-state index in [1.165, 1.54) is 0 Å². The Balaban J connectivity index is 0.00000341. The van der Waals surface area contributed by atoms with Gasteiger partial charge in [0.2, 0.25) is 5.91 Å². The lowest BCUT2D eigenvalue weighted by Crippen LogP contribution is -2.22. The molecule has 0 aliphatic rings. The molecule has 7 heteroatoms. The number of carbonyl (C=O) groups is 1. The smallest absolute Gasteiger partial charge is 0.226 e. The molecule has 1 amide bonds. The summed E-state index contributed by atoms with van der Waals surface area (Å²) in [5.41, 5.74) is 8.57. The Kier molecular flexibility index (Phi) is 9.33. The number of nitrogens with two attached hydrogens (primary N) is 1. The molecule has 0 radical (unpaired) electrons. The number of aliphatic imine (C=N–C) groups is 1. The average molecular weight is 530 g/mol. The minimum absolute atomic E-state index is 0. The van der Waals surface area contributed by atoms with Gasteiger partial charge < -0.3 is 21.1 Å². The first-order valence-electron chi connectivity index (χ1n) is 9.79. The van der Waals surface area contributed by atoms with Crippen LogP contribution in [0.2, 0.25) is 0 Å². The molecule has 6 nitrogen and oxygen atoms in total. The SMILES string of the molecule is CC(C)C(=O)Nc1ccc(CN=C(N)Nc2cccc(Oc3ccccc3)c2)cc1.I. The Labute approximate surface area is 199 Å². The van der Waals surface area contributed by atoms with Gasteiger partial charge >= 0.3 is 0 Å². The third-order valence-corrected chi connectivity index (χ3v) is 4.26. The van der Waals surface area contributed by atoms with Crippen molar-refractivity contribution in [1.29, 1.82) is 0 Å². The molecule has 0 spiro atoms. The number of ether oxygens (including phenoxy) is 1. The summed E-state index contributed by atoms with van der Waals surface area (Å²) in [6.45, 7) is 4.15. The van der Waals surface area contributed by atoms with E-state index in [1.807, 2.05) is 92.7 Å². The van der Waals surface area contributed by atoms with Gasteiger partial charge in [-0.1, -0.05) is 50.2 Å². The Bertz CT molecular complexity index is 1010. The van der Waals surface area contributed by atoms with Gasteiger partial charge in [0, 0.05) is 23.4 Å². The van der Waals surface area contributed by atoms with Crippen molar-refractivity contribution < 1.29 is 9.53 Å². The van der Waals surface area contributed by atoms with Crippen molar-refractivity contribution >= 4 is 47.2 Å². The quantitative estimate of drug-likeness (QED) is 0.210. The molecule has 0 atom stereocenters. The number of halogens is 1. The molecule has 0 saturated carbocycles. The first-order valence-corrected chi connectivity index (χ1v) is 9.79. The number of nitrogens with zero attached hydrogens (tertiary/aromatic N) is 1. The highest BCUT2D eigenvalue weighted by atomic mass is 127. The molecule has 0 fully saturated rings. The van der Waals surface area contributed by atoms with Gasteiger partial charge in [-0.05, 0) is 42.0 Å². The highest BCUT2D eigenvalue weighted by Gasteiger charge is 2.06. The third kappa shape index (κ3) is 7.93. The molecule has 0 saturated heterocycles. The van der Waals surface area contributed by atoms with Crippen LogP contribution >= 0.6 is 24.0 Å². The molecule has 0 unspecified atom stereocenters. The summed E-state index contributed by atoms with van der Waals surface area (Å²) in [5.74, 6) is 1.72. The molecule has 31 heavy (non-hydrogen) atoms. The molecule has 0 aliphatic carbocycles. The fourth-order valence-electron chi connectivity index (χ4n) is 2.61. The van der Waals surface area contributed by atoms with E-state index in [0.717, 1.165) is 22.7 Å². The van der Waals surface area contributed by atoms with E-state index in [-0.39, 0.29) is 35.8 Å². The second-order valence-electron chi connectivity index (χ2n) is 7.11. The van der Waals surface area contributed by atoms with Crippen molar-refractivity contribution in [2.24, 2.45) is 16.6 Å². The molecular weight excluding hydrogens is 503 g/mol. The van der Waals surface area contributed by atoms with E-state index in [9.17, 15) is 4.79 Å². The number of para-hydroxylation sites is 1. The van der Waals surface area contributed by atoms with Crippen LogP contribution in [0.5, 0.6) is 11.5 Å². The number of guanidine groups is 1. The number of hydrogen-bond donors (Lipinski definition) is 3. The normalized spacial score (nSPS) is 10.9. The predicted molar refractivity (Wildman–Crippen MR) is 137 cm³/mol. The van der Waals surface area contributed by atoms with E-state index in [0.29, 0.717) is 18.3 Å². The number of amides is 1. The predicted octanol–water partition coefficient (Wildman–Crippen LogP) is 5.62. The van der Waals surface area contributed by atoms with Gasteiger partial charge in [-0.15, -0.1) is 24.0 Å². The lowest BCUT2D eigenvalue weighted by Gasteiger charge is -2.10.